The van der Waals surface area contributed by atoms with E-state index in [1.54, 1.807) is 0 Å². The Bertz CT molecular complexity index is 480. The standard InChI is InChI=1S/Cr.3Mn.12O/q+3;;;;;;;;;;;;;3*-1. The van der Waals surface area contributed by atoms with Gasteiger partial charge >= 0.3 is 103 Å². The molecule has 0 bridgehead atoms. The molecule has 0 atom stereocenters. The van der Waals surface area contributed by atoms with Crippen LogP contribution in [0.2, 0.25) is 0 Å². The van der Waals surface area contributed by atoms with Gasteiger partial charge in [-0.25, -0.2) is 0 Å². The zero-order valence-electron chi connectivity index (χ0n) is 6.44. The molecule has 1 radical (unpaired) electrons. The zero-order chi connectivity index (χ0) is 13.5. The van der Waals surface area contributed by atoms with E-state index in [-0.39, 0.29) is 17.4 Å². The number of hydrogen-bond acceptors (Lipinski definition) is 12. The van der Waals surface area contributed by atoms with Crippen LogP contribution in [0.1, 0.15) is 0 Å². The molecule has 0 saturated carbocycles. The summed E-state index contributed by atoms with van der Waals surface area (Å²) >= 11 is -16.9. The molecular weight excluding hydrogens is 409 g/mol. The van der Waals surface area contributed by atoms with Crippen LogP contribution in [0.5, 0.6) is 0 Å². The quantitative estimate of drug-likeness (QED) is 0.345. The second kappa shape index (κ2) is 9.23. The monoisotopic (exact) mass is 409 g/mol. The van der Waals surface area contributed by atoms with Gasteiger partial charge in [0.15, 0.2) is 0 Å². The van der Waals surface area contributed by atoms with Gasteiger partial charge in [-0.15, -0.1) is 0 Å². The molecule has 12 nitrogen and oxygen atoms in total. The first-order valence-corrected chi connectivity index (χ1v) is 7.63. The van der Waals surface area contributed by atoms with E-state index in [1.165, 1.54) is 0 Å². The molecule has 0 aliphatic carbocycles. The maximum absolute atomic E-state index is 8.58. The minimum absolute atomic E-state index is 0. The average molecular weight is 409 g/mol. The van der Waals surface area contributed by atoms with Crippen molar-refractivity contribution >= 4 is 0 Å². The summed E-state index contributed by atoms with van der Waals surface area (Å²) in [6.07, 6.45) is 0. The van der Waals surface area contributed by atoms with Crippen molar-refractivity contribution in [2.24, 2.45) is 0 Å². The molecule has 0 saturated heterocycles. The zero-order valence-corrected chi connectivity index (χ0v) is 11.3. The number of rotatable bonds is 0. The van der Waals surface area contributed by atoms with Crippen LogP contribution in [0.15, 0.2) is 0 Å². The maximum atomic E-state index is 8.58. The molecule has 0 N–H and O–H groups in total. The van der Waals surface area contributed by atoms with Gasteiger partial charge in [0.2, 0.25) is 0 Å². The Balaban J connectivity index is -0.0000000655. The first kappa shape index (κ1) is 25.1. The molecule has 0 aromatic carbocycles. The van der Waals surface area contributed by atoms with Crippen molar-refractivity contribution in [1.82, 2.24) is 0 Å². The van der Waals surface area contributed by atoms with Crippen LogP contribution in [-0.4, -0.2) is 0 Å². The summed E-state index contributed by atoms with van der Waals surface area (Å²) in [5.41, 5.74) is 0. The second-order valence-electron chi connectivity index (χ2n) is 1.13. The SMILES string of the molecule is [Cr+3].[O]=[Mn](=[O])(=[O])[O-].[O]=[Mn](=[O])(=[O])[O-].[O]=[Mn](=[O])(=[O])[O-]. The van der Waals surface area contributed by atoms with E-state index in [4.69, 9.17) is 47.1 Å². The van der Waals surface area contributed by atoms with Crippen molar-refractivity contribution in [3.05, 3.63) is 0 Å². The molecule has 0 aromatic heterocycles. The molecule has 16 heavy (non-hydrogen) atoms. The van der Waals surface area contributed by atoms with E-state index in [0.29, 0.717) is 0 Å². The molecule has 0 aliphatic rings. The normalized spacial score (nSPS) is 10.7. The third kappa shape index (κ3) is 84200. The Labute approximate surface area is 103 Å². The van der Waals surface area contributed by atoms with Gasteiger partial charge in [-0.3, -0.25) is 0 Å². The van der Waals surface area contributed by atoms with Crippen LogP contribution in [0.4, 0.5) is 0 Å². The summed E-state index contributed by atoms with van der Waals surface area (Å²) in [5, 5.41) is 0. The van der Waals surface area contributed by atoms with Crippen LogP contribution >= 0.6 is 0 Å². The minimum atomic E-state index is -5.62. The molecule has 0 fully saturated rings. The predicted octanol–water partition coefficient (Wildman–Crippen LogP) is -4.65. The molecule has 0 amide bonds. The topological polar surface area (TPSA) is 223 Å². The summed E-state index contributed by atoms with van der Waals surface area (Å²) in [5.74, 6) is 0. The van der Waals surface area contributed by atoms with E-state index < -0.39 is 38.9 Å². The van der Waals surface area contributed by atoms with E-state index in [0.717, 1.165) is 0 Å². The van der Waals surface area contributed by atoms with Gasteiger partial charge in [-0.2, -0.15) is 0 Å². The van der Waals surface area contributed by atoms with Gasteiger partial charge in [-0.05, 0) is 0 Å². The third-order valence-corrected chi connectivity index (χ3v) is 0. The molecule has 16 heteroatoms. The molecule has 0 unspecified atom stereocenters. The van der Waals surface area contributed by atoms with Crippen molar-refractivity contribution in [3.63, 3.8) is 0 Å². The predicted molar refractivity (Wildman–Crippen MR) is 6.18 cm³/mol. The van der Waals surface area contributed by atoms with Crippen molar-refractivity contribution in [3.8, 4) is 0 Å². The van der Waals surface area contributed by atoms with E-state index >= 15 is 0 Å². The van der Waals surface area contributed by atoms with Crippen LogP contribution in [0.25, 0.3) is 0 Å². The van der Waals surface area contributed by atoms with Crippen LogP contribution in [0, 0.1) is 0 Å². The van der Waals surface area contributed by atoms with Gasteiger partial charge in [0.25, 0.3) is 0 Å². The summed E-state index contributed by atoms with van der Waals surface area (Å²) in [7, 11) is 0. The fourth-order valence-corrected chi connectivity index (χ4v) is 0. The van der Waals surface area contributed by atoms with Crippen LogP contribution < -0.4 is 12.6 Å². The van der Waals surface area contributed by atoms with Gasteiger partial charge in [-0.1, -0.05) is 0 Å². The Kier molecular flexibility index (Phi) is 14.5. The molecule has 0 rings (SSSR count). The Morgan fingerprint density at radius 2 is 0.438 bits per heavy atom. The second-order valence-corrected chi connectivity index (χ2v) is 4.68. The molecule has 0 heterocycles. The Hall–Kier alpha value is 0.171. The van der Waals surface area contributed by atoms with Gasteiger partial charge in [0.1, 0.15) is 0 Å². The fourth-order valence-electron chi connectivity index (χ4n) is 0. The van der Waals surface area contributed by atoms with E-state index in [1.807, 2.05) is 0 Å². The van der Waals surface area contributed by atoms with Crippen LogP contribution in [0.3, 0.4) is 0 Å². The van der Waals surface area contributed by atoms with Crippen molar-refractivity contribution in [1.29, 1.82) is 0 Å². The Morgan fingerprint density at radius 3 is 0.438 bits per heavy atom. The summed E-state index contributed by atoms with van der Waals surface area (Å²) in [6.45, 7) is 0. The van der Waals surface area contributed by atoms with Crippen molar-refractivity contribution < 1.29 is 103 Å². The number of hydrogen-bond donors (Lipinski definition) is 0. The molecule has 0 aromatic rings. The average Bonchev–Trinajstić information content (AvgIpc) is 1.41. The fraction of sp³-hybridized carbons (Fsp3) is 0. The van der Waals surface area contributed by atoms with Gasteiger partial charge in [0.05, 0.1) is 0 Å². The summed E-state index contributed by atoms with van der Waals surface area (Å²) in [4.78, 5) is 0. The summed E-state index contributed by atoms with van der Waals surface area (Å²) < 4.78 is 103. The van der Waals surface area contributed by atoms with Crippen molar-refractivity contribution in [2.45, 2.75) is 0 Å². The molecule has 99 valence electrons. The third-order valence-electron chi connectivity index (χ3n) is 0. The molecule has 0 spiro atoms. The van der Waals surface area contributed by atoms with Gasteiger partial charge < -0.3 is 0 Å². The van der Waals surface area contributed by atoms with Gasteiger partial charge in [0, 0.05) is 0 Å². The first-order chi connectivity index (χ1) is 6.00. The Morgan fingerprint density at radius 1 is 0.438 bits per heavy atom. The first-order valence-electron chi connectivity index (χ1n) is 1.85. The van der Waals surface area contributed by atoms with E-state index in [9.17, 15) is 0 Å². The molecular formula is CrMn3O12. The van der Waals surface area contributed by atoms with E-state index in [2.05, 4.69) is 0 Å². The van der Waals surface area contributed by atoms with Crippen LogP contribution in [-0.2, 0) is 90.8 Å². The summed E-state index contributed by atoms with van der Waals surface area (Å²) in [6, 6.07) is 0. The van der Waals surface area contributed by atoms with Crippen molar-refractivity contribution in [2.75, 3.05) is 0 Å². The molecule has 0 aliphatic heterocycles.